The van der Waals surface area contributed by atoms with Crippen LogP contribution in [0.2, 0.25) is 0 Å². The van der Waals surface area contributed by atoms with Gasteiger partial charge in [0.25, 0.3) is 0 Å². The first kappa shape index (κ1) is 15.7. The SMILES string of the molecule is CC1CCCCN1Cc1cc(=O)c(O)cn1Cc1ccccn1. The number of likely N-dealkylation sites (tertiary alicyclic amines) is 1. The predicted octanol–water partition coefficient (Wildman–Crippen LogP) is 2.37. The van der Waals surface area contributed by atoms with Crippen LogP contribution < -0.4 is 5.43 Å². The van der Waals surface area contributed by atoms with E-state index in [4.69, 9.17) is 0 Å². The Morgan fingerprint density at radius 1 is 1.30 bits per heavy atom. The van der Waals surface area contributed by atoms with Gasteiger partial charge in [0.1, 0.15) is 0 Å². The maximum absolute atomic E-state index is 11.9. The van der Waals surface area contributed by atoms with Gasteiger partial charge in [0.2, 0.25) is 5.43 Å². The Kier molecular flexibility index (Phi) is 4.76. The molecule has 0 spiro atoms. The third kappa shape index (κ3) is 3.79. The molecule has 0 amide bonds. The first-order chi connectivity index (χ1) is 11.1. The van der Waals surface area contributed by atoms with Crippen molar-refractivity contribution < 1.29 is 5.11 Å². The summed E-state index contributed by atoms with van der Waals surface area (Å²) < 4.78 is 1.93. The van der Waals surface area contributed by atoms with Gasteiger partial charge in [0, 0.05) is 30.5 Å². The Balaban J connectivity index is 1.88. The summed E-state index contributed by atoms with van der Waals surface area (Å²) in [5.41, 5.74) is 1.51. The van der Waals surface area contributed by atoms with E-state index in [1.165, 1.54) is 25.5 Å². The van der Waals surface area contributed by atoms with Gasteiger partial charge in [-0.2, -0.15) is 0 Å². The molecule has 2 aromatic heterocycles. The zero-order valence-electron chi connectivity index (χ0n) is 13.5. The summed E-state index contributed by atoms with van der Waals surface area (Å²) in [6, 6.07) is 7.85. The molecule has 1 unspecified atom stereocenters. The van der Waals surface area contributed by atoms with Crippen molar-refractivity contribution in [2.24, 2.45) is 0 Å². The average molecular weight is 313 g/mol. The Morgan fingerprint density at radius 2 is 2.17 bits per heavy atom. The molecular weight excluding hydrogens is 290 g/mol. The quantitative estimate of drug-likeness (QED) is 0.941. The second-order valence-electron chi connectivity index (χ2n) is 6.28. The molecule has 1 aliphatic heterocycles. The third-order valence-corrected chi connectivity index (χ3v) is 4.56. The lowest BCUT2D eigenvalue weighted by Gasteiger charge is -2.33. The van der Waals surface area contributed by atoms with E-state index in [9.17, 15) is 9.90 Å². The highest BCUT2D eigenvalue weighted by molar-refractivity contribution is 5.21. The monoisotopic (exact) mass is 313 g/mol. The summed E-state index contributed by atoms with van der Waals surface area (Å²) in [6.45, 7) is 4.57. The molecule has 0 saturated carbocycles. The van der Waals surface area contributed by atoms with Crippen LogP contribution in [-0.2, 0) is 13.1 Å². The molecule has 23 heavy (non-hydrogen) atoms. The molecule has 2 aromatic rings. The molecule has 1 aliphatic rings. The summed E-state index contributed by atoms with van der Waals surface area (Å²) in [7, 11) is 0. The van der Waals surface area contributed by atoms with Crippen molar-refractivity contribution in [1.29, 1.82) is 0 Å². The number of aromatic nitrogens is 2. The largest absolute Gasteiger partial charge is 0.503 e. The number of aromatic hydroxyl groups is 1. The molecule has 5 heteroatoms. The average Bonchev–Trinajstić information content (AvgIpc) is 2.55. The molecule has 3 heterocycles. The highest BCUT2D eigenvalue weighted by Gasteiger charge is 2.20. The molecule has 0 radical (unpaired) electrons. The summed E-state index contributed by atoms with van der Waals surface area (Å²) in [5.74, 6) is -0.212. The van der Waals surface area contributed by atoms with Gasteiger partial charge in [-0.25, -0.2) is 0 Å². The molecule has 0 aliphatic carbocycles. The molecule has 3 rings (SSSR count). The number of hydrogen-bond acceptors (Lipinski definition) is 4. The number of pyridine rings is 2. The van der Waals surface area contributed by atoms with E-state index < -0.39 is 0 Å². The van der Waals surface area contributed by atoms with Crippen LogP contribution in [0, 0.1) is 0 Å². The molecule has 1 N–H and O–H groups in total. The number of nitrogens with zero attached hydrogens (tertiary/aromatic N) is 3. The van der Waals surface area contributed by atoms with Crippen LogP contribution in [0.3, 0.4) is 0 Å². The van der Waals surface area contributed by atoms with Gasteiger partial charge in [0.05, 0.1) is 18.4 Å². The van der Waals surface area contributed by atoms with Gasteiger partial charge in [-0.15, -0.1) is 0 Å². The predicted molar refractivity (Wildman–Crippen MR) is 89.4 cm³/mol. The van der Waals surface area contributed by atoms with Crippen LogP contribution in [0.5, 0.6) is 5.75 Å². The summed E-state index contributed by atoms with van der Waals surface area (Å²) >= 11 is 0. The lowest BCUT2D eigenvalue weighted by atomic mass is 10.0. The van der Waals surface area contributed by atoms with Crippen molar-refractivity contribution in [2.75, 3.05) is 6.54 Å². The molecule has 0 bridgehead atoms. The second kappa shape index (κ2) is 6.96. The fourth-order valence-corrected chi connectivity index (χ4v) is 3.15. The van der Waals surface area contributed by atoms with E-state index in [1.54, 1.807) is 12.3 Å². The smallest absolute Gasteiger partial charge is 0.223 e. The fraction of sp³-hybridized carbons (Fsp3) is 0.444. The zero-order valence-corrected chi connectivity index (χ0v) is 13.5. The number of piperidine rings is 1. The standard InChI is InChI=1S/C18H23N3O2/c1-14-6-3-5-9-20(14)12-16-10-17(22)18(23)13-21(16)11-15-7-2-4-8-19-15/h2,4,7-8,10,13-14,23H,3,5-6,9,11-12H2,1H3. The lowest BCUT2D eigenvalue weighted by Crippen LogP contribution is -2.37. The molecule has 1 saturated heterocycles. The number of hydrogen-bond donors (Lipinski definition) is 1. The Bertz CT molecular complexity index is 712. The van der Waals surface area contributed by atoms with E-state index in [0.717, 1.165) is 24.5 Å². The molecule has 1 atom stereocenters. The van der Waals surface area contributed by atoms with Crippen molar-refractivity contribution in [2.45, 2.75) is 45.3 Å². The molecule has 1 fully saturated rings. The van der Waals surface area contributed by atoms with E-state index in [1.807, 2.05) is 22.8 Å². The van der Waals surface area contributed by atoms with E-state index in [-0.39, 0.29) is 11.2 Å². The summed E-state index contributed by atoms with van der Waals surface area (Å²) in [4.78, 5) is 18.6. The van der Waals surface area contributed by atoms with E-state index in [2.05, 4.69) is 16.8 Å². The minimum atomic E-state index is -0.318. The summed E-state index contributed by atoms with van der Waals surface area (Å²) in [5, 5.41) is 9.79. The van der Waals surface area contributed by atoms with Crippen molar-refractivity contribution in [3.63, 3.8) is 0 Å². The van der Waals surface area contributed by atoms with Gasteiger partial charge < -0.3 is 9.67 Å². The van der Waals surface area contributed by atoms with Crippen molar-refractivity contribution in [3.8, 4) is 5.75 Å². The van der Waals surface area contributed by atoms with Crippen LogP contribution in [0.25, 0.3) is 0 Å². The Hall–Kier alpha value is -2.14. The topological polar surface area (TPSA) is 58.4 Å². The van der Waals surface area contributed by atoms with Crippen molar-refractivity contribution in [3.05, 3.63) is 58.3 Å². The Morgan fingerprint density at radius 3 is 2.91 bits per heavy atom. The third-order valence-electron chi connectivity index (χ3n) is 4.56. The first-order valence-corrected chi connectivity index (χ1v) is 8.20. The summed E-state index contributed by atoms with van der Waals surface area (Å²) in [6.07, 6.45) is 6.95. The lowest BCUT2D eigenvalue weighted by molar-refractivity contribution is 0.149. The molecular formula is C18H23N3O2. The van der Waals surface area contributed by atoms with Crippen LogP contribution >= 0.6 is 0 Å². The fourth-order valence-electron chi connectivity index (χ4n) is 3.15. The Labute approximate surface area is 136 Å². The molecule has 122 valence electrons. The molecule has 5 nitrogen and oxygen atoms in total. The maximum Gasteiger partial charge on any atom is 0.223 e. The van der Waals surface area contributed by atoms with Gasteiger partial charge in [-0.05, 0) is 38.4 Å². The van der Waals surface area contributed by atoms with Gasteiger partial charge in [0.15, 0.2) is 5.75 Å². The van der Waals surface area contributed by atoms with Crippen LogP contribution in [-0.4, -0.2) is 32.1 Å². The van der Waals surface area contributed by atoms with Crippen LogP contribution in [0.15, 0.2) is 41.5 Å². The second-order valence-corrected chi connectivity index (χ2v) is 6.28. The minimum absolute atomic E-state index is 0.212. The highest BCUT2D eigenvalue weighted by atomic mass is 16.3. The van der Waals surface area contributed by atoms with Crippen molar-refractivity contribution >= 4 is 0 Å². The van der Waals surface area contributed by atoms with Gasteiger partial charge >= 0.3 is 0 Å². The van der Waals surface area contributed by atoms with Gasteiger partial charge in [-0.3, -0.25) is 14.7 Å². The minimum Gasteiger partial charge on any atom is -0.503 e. The van der Waals surface area contributed by atoms with Crippen LogP contribution in [0.1, 0.15) is 37.6 Å². The zero-order chi connectivity index (χ0) is 16.2. The normalized spacial score (nSPS) is 18.9. The van der Waals surface area contributed by atoms with Crippen LogP contribution in [0.4, 0.5) is 0 Å². The van der Waals surface area contributed by atoms with E-state index in [0.29, 0.717) is 12.6 Å². The molecule has 0 aromatic carbocycles. The first-order valence-electron chi connectivity index (χ1n) is 8.20. The van der Waals surface area contributed by atoms with Gasteiger partial charge in [-0.1, -0.05) is 12.5 Å². The number of rotatable bonds is 4. The van der Waals surface area contributed by atoms with E-state index >= 15 is 0 Å². The maximum atomic E-state index is 11.9. The van der Waals surface area contributed by atoms with Crippen molar-refractivity contribution in [1.82, 2.24) is 14.5 Å². The highest BCUT2D eigenvalue weighted by Crippen LogP contribution is 2.19.